The van der Waals surface area contributed by atoms with Crippen molar-refractivity contribution in [2.75, 3.05) is 13.1 Å². The van der Waals surface area contributed by atoms with Crippen molar-refractivity contribution in [2.45, 2.75) is 26.0 Å². The zero-order valence-electron chi connectivity index (χ0n) is 10.3. The van der Waals surface area contributed by atoms with Crippen LogP contribution in [0.3, 0.4) is 0 Å². The van der Waals surface area contributed by atoms with Gasteiger partial charge in [0.1, 0.15) is 6.54 Å². The highest BCUT2D eigenvalue weighted by Crippen LogP contribution is 2.19. The van der Waals surface area contributed by atoms with E-state index in [0.29, 0.717) is 13.1 Å². The lowest BCUT2D eigenvalue weighted by Gasteiger charge is -2.18. The van der Waals surface area contributed by atoms with Gasteiger partial charge in [-0.15, -0.1) is 0 Å². The molecular formula is C12H17N3O3. The van der Waals surface area contributed by atoms with Crippen LogP contribution in [0.2, 0.25) is 0 Å². The molecule has 1 saturated heterocycles. The number of rotatable bonds is 3. The maximum absolute atomic E-state index is 12.0. The Bertz CT molecular complexity index is 483. The van der Waals surface area contributed by atoms with E-state index in [1.807, 2.05) is 0 Å². The van der Waals surface area contributed by atoms with E-state index < -0.39 is 11.8 Å². The second-order valence-corrected chi connectivity index (χ2v) is 4.66. The van der Waals surface area contributed by atoms with Crippen molar-refractivity contribution in [3.8, 4) is 0 Å². The largest absolute Gasteiger partial charge is 0.393 e. The summed E-state index contributed by atoms with van der Waals surface area (Å²) in [5.41, 5.74) is -0.419. The second kappa shape index (κ2) is 5.30. The van der Waals surface area contributed by atoms with Gasteiger partial charge in [0.2, 0.25) is 5.91 Å². The van der Waals surface area contributed by atoms with Crippen molar-refractivity contribution in [1.82, 2.24) is 14.5 Å². The molecule has 6 heteroatoms. The van der Waals surface area contributed by atoms with Gasteiger partial charge in [0.05, 0.1) is 6.10 Å². The minimum absolute atomic E-state index is 0.0131. The predicted molar refractivity (Wildman–Crippen MR) is 64.9 cm³/mol. The normalized spacial score (nSPS) is 21.0. The van der Waals surface area contributed by atoms with Gasteiger partial charge in [-0.25, -0.2) is 9.78 Å². The number of aliphatic hydroxyl groups is 1. The minimum atomic E-state index is -0.419. The van der Waals surface area contributed by atoms with Gasteiger partial charge >= 0.3 is 5.69 Å². The van der Waals surface area contributed by atoms with E-state index in [4.69, 9.17) is 0 Å². The summed E-state index contributed by atoms with van der Waals surface area (Å²) in [7, 11) is 0. The van der Waals surface area contributed by atoms with E-state index in [1.54, 1.807) is 24.1 Å². The average molecular weight is 251 g/mol. The van der Waals surface area contributed by atoms with E-state index in [-0.39, 0.29) is 18.4 Å². The summed E-state index contributed by atoms with van der Waals surface area (Å²) in [6, 6.07) is 1.62. The summed E-state index contributed by atoms with van der Waals surface area (Å²) in [5.74, 6) is 0.0350. The molecule has 18 heavy (non-hydrogen) atoms. The van der Waals surface area contributed by atoms with Crippen molar-refractivity contribution in [3.05, 3.63) is 28.9 Å². The first kappa shape index (κ1) is 12.8. The molecule has 2 atom stereocenters. The van der Waals surface area contributed by atoms with Crippen LogP contribution >= 0.6 is 0 Å². The molecule has 1 aromatic heterocycles. The van der Waals surface area contributed by atoms with Crippen molar-refractivity contribution in [1.29, 1.82) is 0 Å². The number of carbonyl (C=O) groups is 1. The van der Waals surface area contributed by atoms with Crippen molar-refractivity contribution in [2.24, 2.45) is 5.92 Å². The van der Waals surface area contributed by atoms with Crippen LogP contribution < -0.4 is 5.69 Å². The summed E-state index contributed by atoms with van der Waals surface area (Å²) < 4.78 is 1.29. The monoisotopic (exact) mass is 251 g/mol. The van der Waals surface area contributed by atoms with Crippen LogP contribution in [0.4, 0.5) is 0 Å². The van der Waals surface area contributed by atoms with Crippen LogP contribution in [0, 0.1) is 5.92 Å². The molecule has 1 aliphatic rings. The zero-order chi connectivity index (χ0) is 13.1. The number of nitrogens with zero attached hydrogens (tertiary/aromatic N) is 3. The molecular weight excluding hydrogens is 234 g/mol. The molecule has 1 amide bonds. The van der Waals surface area contributed by atoms with E-state index >= 15 is 0 Å². The summed E-state index contributed by atoms with van der Waals surface area (Å²) in [5, 5.41) is 9.48. The average Bonchev–Trinajstić information content (AvgIpc) is 2.81. The number of hydrogen-bond donors (Lipinski definition) is 1. The maximum atomic E-state index is 12.0. The molecule has 2 unspecified atom stereocenters. The Hall–Kier alpha value is -1.69. The van der Waals surface area contributed by atoms with Crippen LogP contribution in [0.5, 0.6) is 0 Å². The molecule has 2 heterocycles. The van der Waals surface area contributed by atoms with Crippen LogP contribution in [0.15, 0.2) is 23.3 Å². The molecule has 0 aliphatic carbocycles. The number of aliphatic hydroxyl groups excluding tert-OH is 1. The predicted octanol–water partition coefficient (Wildman–Crippen LogP) is -0.527. The van der Waals surface area contributed by atoms with Crippen LogP contribution in [0.1, 0.15) is 13.3 Å². The molecule has 0 spiro atoms. The van der Waals surface area contributed by atoms with Gasteiger partial charge < -0.3 is 10.0 Å². The molecule has 1 fully saturated rings. The molecule has 0 bridgehead atoms. The van der Waals surface area contributed by atoms with Gasteiger partial charge in [-0.3, -0.25) is 9.36 Å². The smallest absolute Gasteiger partial charge is 0.347 e. The van der Waals surface area contributed by atoms with Crippen LogP contribution in [-0.4, -0.2) is 44.7 Å². The Kier molecular flexibility index (Phi) is 3.76. The zero-order valence-corrected chi connectivity index (χ0v) is 10.3. The van der Waals surface area contributed by atoms with Gasteiger partial charge in [-0.1, -0.05) is 0 Å². The Balaban J connectivity index is 1.98. The highest BCUT2D eigenvalue weighted by atomic mass is 16.3. The minimum Gasteiger partial charge on any atom is -0.393 e. The molecule has 2 rings (SSSR count). The summed E-state index contributed by atoms with van der Waals surface area (Å²) in [4.78, 5) is 28.7. The molecule has 98 valence electrons. The van der Waals surface area contributed by atoms with Crippen molar-refractivity contribution in [3.63, 3.8) is 0 Å². The van der Waals surface area contributed by atoms with Crippen molar-refractivity contribution >= 4 is 5.91 Å². The standard InChI is InChI=1S/C12H17N3O3/c1-9(16)10-3-6-14(7-10)11(17)8-15-5-2-4-13-12(15)18/h2,4-5,9-10,16H,3,6-8H2,1H3. The Morgan fingerprint density at radius 3 is 3.06 bits per heavy atom. The van der Waals surface area contributed by atoms with Crippen LogP contribution in [-0.2, 0) is 11.3 Å². The lowest BCUT2D eigenvalue weighted by molar-refractivity contribution is -0.131. The Morgan fingerprint density at radius 1 is 1.67 bits per heavy atom. The fourth-order valence-electron chi connectivity index (χ4n) is 2.16. The van der Waals surface area contributed by atoms with Gasteiger partial charge in [0, 0.05) is 31.4 Å². The number of hydrogen-bond acceptors (Lipinski definition) is 4. The van der Waals surface area contributed by atoms with E-state index in [0.717, 1.165) is 6.42 Å². The first-order valence-corrected chi connectivity index (χ1v) is 6.05. The second-order valence-electron chi connectivity index (χ2n) is 4.66. The molecule has 1 aliphatic heterocycles. The van der Waals surface area contributed by atoms with Crippen LogP contribution in [0.25, 0.3) is 0 Å². The first-order chi connectivity index (χ1) is 8.58. The van der Waals surface area contributed by atoms with Gasteiger partial charge in [0.15, 0.2) is 0 Å². The molecule has 6 nitrogen and oxygen atoms in total. The first-order valence-electron chi connectivity index (χ1n) is 6.05. The van der Waals surface area contributed by atoms with E-state index in [1.165, 1.54) is 10.8 Å². The molecule has 1 aromatic rings. The van der Waals surface area contributed by atoms with E-state index in [2.05, 4.69) is 4.98 Å². The molecule has 0 aromatic carbocycles. The third-order valence-electron chi connectivity index (χ3n) is 3.35. The fraction of sp³-hybridized carbons (Fsp3) is 0.583. The lowest BCUT2D eigenvalue weighted by atomic mass is 10.0. The highest BCUT2D eigenvalue weighted by molar-refractivity contribution is 5.76. The topological polar surface area (TPSA) is 75.4 Å². The fourth-order valence-corrected chi connectivity index (χ4v) is 2.16. The quantitative estimate of drug-likeness (QED) is 0.784. The van der Waals surface area contributed by atoms with E-state index in [9.17, 15) is 14.7 Å². The molecule has 0 saturated carbocycles. The SMILES string of the molecule is CC(O)C1CCN(C(=O)Cn2cccnc2=O)C1. The Morgan fingerprint density at radius 2 is 2.44 bits per heavy atom. The third-order valence-corrected chi connectivity index (χ3v) is 3.35. The summed E-state index contributed by atoms with van der Waals surface area (Å²) in [6.07, 6.45) is 3.37. The highest BCUT2D eigenvalue weighted by Gasteiger charge is 2.28. The van der Waals surface area contributed by atoms with Gasteiger partial charge in [0.25, 0.3) is 0 Å². The number of likely N-dealkylation sites (tertiary alicyclic amines) is 1. The summed E-state index contributed by atoms with van der Waals surface area (Å²) in [6.45, 7) is 2.96. The number of carbonyl (C=O) groups excluding carboxylic acids is 1. The maximum Gasteiger partial charge on any atom is 0.347 e. The van der Waals surface area contributed by atoms with Gasteiger partial charge in [-0.2, -0.15) is 0 Å². The lowest BCUT2D eigenvalue weighted by Crippen LogP contribution is -2.36. The summed E-state index contributed by atoms with van der Waals surface area (Å²) >= 11 is 0. The molecule has 1 N–H and O–H groups in total. The van der Waals surface area contributed by atoms with Gasteiger partial charge in [-0.05, 0) is 19.4 Å². The number of amides is 1. The van der Waals surface area contributed by atoms with Crippen molar-refractivity contribution < 1.29 is 9.90 Å². The molecule has 0 radical (unpaired) electrons. The number of aromatic nitrogens is 2. The third kappa shape index (κ3) is 2.76. The Labute approximate surface area is 105 Å².